The zero-order chi connectivity index (χ0) is 34.1. The van der Waals surface area contributed by atoms with E-state index in [0.29, 0.717) is 33.0 Å². The summed E-state index contributed by atoms with van der Waals surface area (Å²) < 4.78 is 34.3. The van der Waals surface area contributed by atoms with E-state index in [-0.39, 0.29) is 23.5 Å². The van der Waals surface area contributed by atoms with Crippen LogP contribution in [0.4, 0.5) is 0 Å². The minimum absolute atomic E-state index is 0.0547. The van der Waals surface area contributed by atoms with E-state index in [1.165, 1.54) is 0 Å². The van der Waals surface area contributed by atoms with Crippen LogP contribution in [0.25, 0.3) is 0 Å². The number of rotatable bonds is 14. The first kappa shape index (κ1) is 39.0. The fraction of sp³-hybridized carbons (Fsp3) is 0.676. The molecule has 0 spiro atoms. The highest BCUT2D eigenvalue weighted by Crippen LogP contribution is 2.44. The number of aliphatic hydroxyl groups excluding tert-OH is 2. The summed E-state index contributed by atoms with van der Waals surface area (Å²) in [5.74, 6) is 1.10. The zero-order valence-electron chi connectivity index (χ0n) is 29.9. The van der Waals surface area contributed by atoms with Gasteiger partial charge in [0.15, 0.2) is 5.79 Å². The van der Waals surface area contributed by atoms with E-state index in [0.717, 1.165) is 22.6 Å². The van der Waals surface area contributed by atoms with E-state index in [1.54, 1.807) is 14.2 Å². The summed E-state index contributed by atoms with van der Waals surface area (Å²) >= 11 is 0. The van der Waals surface area contributed by atoms with Crippen molar-refractivity contribution in [1.29, 1.82) is 0 Å². The summed E-state index contributed by atoms with van der Waals surface area (Å²) in [5.41, 5.74) is 0.967. The van der Waals surface area contributed by atoms with E-state index >= 15 is 0 Å². The van der Waals surface area contributed by atoms with Crippen molar-refractivity contribution >= 4 is 0 Å². The molecule has 45 heavy (non-hydrogen) atoms. The minimum atomic E-state index is -0.652. The first-order valence-corrected chi connectivity index (χ1v) is 15.8. The highest BCUT2D eigenvalue weighted by Gasteiger charge is 2.49. The topological polar surface area (TPSA) is 95.8 Å². The number of hydrogen-bond acceptors (Lipinski definition) is 8. The number of methoxy groups -OCH3 is 2. The highest BCUT2D eigenvalue weighted by atomic mass is 16.7. The van der Waals surface area contributed by atoms with Crippen LogP contribution >= 0.6 is 0 Å². The van der Waals surface area contributed by atoms with Crippen LogP contribution in [-0.4, -0.2) is 68.9 Å². The number of ether oxygens (including phenoxy) is 6. The lowest BCUT2D eigenvalue weighted by Gasteiger charge is -2.51. The number of hydrogen-bond donors (Lipinski definition) is 2. The van der Waals surface area contributed by atoms with Gasteiger partial charge in [0.05, 0.1) is 66.1 Å². The molecule has 0 amide bonds. The average molecular weight is 633 g/mol. The standard InChI is InChI=1S/C20H32O4.C17H28O4/c1-18(2,17-19(3,4)14-23-20(5,6)24-17)13-22-12-15-9-8-10-16(11-15)21-7;1-16(2,11-18)15(19)17(3,4)12-21-10-13-7-6-8-14(9-13)20-5/h8-11,17H,12-14H2,1-7H3;6-9,15,18-19H,10-12H2,1-5H3. The second kappa shape index (κ2) is 16.1. The second-order valence-electron chi connectivity index (χ2n) is 15.4. The Labute approximate surface area is 272 Å². The lowest BCUT2D eigenvalue weighted by molar-refractivity contribution is -0.334. The van der Waals surface area contributed by atoms with Gasteiger partial charge in [-0.15, -0.1) is 0 Å². The molecule has 0 aromatic heterocycles. The summed E-state index contributed by atoms with van der Waals surface area (Å²) in [4.78, 5) is 0. The molecule has 0 aliphatic carbocycles. The smallest absolute Gasteiger partial charge is 0.163 e. The Morgan fingerprint density at radius 3 is 1.76 bits per heavy atom. The molecule has 2 aromatic carbocycles. The fourth-order valence-electron chi connectivity index (χ4n) is 5.82. The van der Waals surface area contributed by atoms with Crippen molar-refractivity contribution in [2.24, 2.45) is 21.7 Å². The van der Waals surface area contributed by atoms with E-state index in [2.05, 4.69) is 27.7 Å². The van der Waals surface area contributed by atoms with Crippen molar-refractivity contribution in [3.05, 3.63) is 59.7 Å². The lowest BCUT2D eigenvalue weighted by Crippen LogP contribution is -2.57. The summed E-state index contributed by atoms with van der Waals surface area (Å²) in [6.07, 6.45) is -0.598. The van der Waals surface area contributed by atoms with Crippen LogP contribution < -0.4 is 9.47 Å². The van der Waals surface area contributed by atoms with E-state index in [1.807, 2.05) is 90.1 Å². The van der Waals surface area contributed by atoms with Crippen LogP contribution in [0.5, 0.6) is 11.5 Å². The molecule has 256 valence electrons. The molecular weight excluding hydrogens is 572 g/mol. The first-order chi connectivity index (χ1) is 20.8. The third-order valence-corrected chi connectivity index (χ3v) is 8.25. The van der Waals surface area contributed by atoms with Gasteiger partial charge in [-0.2, -0.15) is 0 Å². The van der Waals surface area contributed by atoms with E-state index < -0.39 is 22.7 Å². The third-order valence-electron chi connectivity index (χ3n) is 8.25. The SMILES string of the molecule is COc1cccc(COCC(C)(C)C(O)C(C)(C)CO)c1.COc1cccc(COCC(C)(C)C2OC(C)(C)OCC2(C)C)c1. The molecule has 1 fully saturated rings. The molecule has 8 nitrogen and oxygen atoms in total. The largest absolute Gasteiger partial charge is 0.497 e. The van der Waals surface area contributed by atoms with Gasteiger partial charge in [-0.05, 0) is 49.2 Å². The summed E-state index contributed by atoms with van der Waals surface area (Å²) in [6, 6.07) is 15.7. The van der Waals surface area contributed by atoms with Gasteiger partial charge >= 0.3 is 0 Å². The summed E-state index contributed by atoms with van der Waals surface area (Å²) in [5, 5.41) is 19.8. The molecule has 0 saturated carbocycles. The van der Waals surface area contributed by atoms with Gasteiger partial charge in [0, 0.05) is 21.7 Å². The summed E-state index contributed by atoms with van der Waals surface area (Å²) in [7, 11) is 3.31. The Balaban J connectivity index is 0.000000317. The molecule has 2 unspecified atom stereocenters. The van der Waals surface area contributed by atoms with Crippen LogP contribution in [0.15, 0.2) is 48.5 Å². The van der Waals surface area contributed by atoms with Crippen molar-refractivity contribution in [3.63, 3.8) is 0 Å². The second-order valence-corrected chi connectivity index (χ2v) is 15.4. The van der Waals surface area contributed by atoms with Crippen molar-refractivity contribution < 1.29 is 38.6 Å². The monoisotopic (exact) mass is 632 g/mol. The van der Waals surface area contributed by atoms with Gasteiger partial charge < -0.3 is 38.6 Å². The maximum Gasteiger partial charge on any atom is 0.163 e. The molecule has 1 aliphatic heterocycles. The van der Waals surface area contributed by atoms with Crippen LogP contribution in [0.3, 0.4) is 0 Å². The van der Waals surface area contributed by atoms with Gasteiger partial charge in [0.1, 0.15) is 11.5 Å². The highest BCUT2D eigenvalue weighted by molar-refractivity contribution is 5.28. The normalized spacial score (nSPS) is 18.8. The molecule has 0 bridgehead atoms. The number of benzene rings is 2. The number of aliphatic hydroxyl groups is 2. The van der Waals surface area contributed by atoms with E-state index in [9.17, 15) is 10.2 Å². The van der Waals surface area contributed by atoms with Crippen molar-refractivity contribution in [2.45, 2.75) is 100 Å². The van der Waals surface area contributed by atoms with Gasteiger partial charge in [-0.3, -0.25) is 0 Å². The van der Waals surface area contributed by atoms with Crippen molar-refractivity contribution in [3.8, 4) is 11.5 Å². The fourth-order valence-corrected chi connectivity index (χ4v) is 5.82. The van der Waals surface area contributed by atoms with Gasteiger partial charge in [-0.25, -0.2) is 0 Å². The molecule has 3 rings (SSSR count). The Morgan fingerprint density at radius 1 is 0.800 bits per heavy atom. The lowest BCUT2D eigenvalue weighted by atomic mass is 9.71. The average Bonchev–Trinajstić information content (AvgIpc) is 2.98. The quantitative estimate of drug-likeness (QED) is 0.229. The van der Waals surface area contributed by atoms with Crippen molar-refractivity contribution in [2.75, 3.05) is 40.6 Å². The predicted octanol–water partition coefficient (Wildman–Crippen LogP) is 7.03. The Bertz CT molecular complexity index is 1170. The molecule has 1 heterocycles. The molecule has 1 aliphatic rings. The maximum absolute atomic E-state index is 10.4. The van der Waals surface area contributed by atoms with Gasteiger partial charge in [0.2, 0.25) is 0 Å². The van der Waals surface area contributed by atoms with Gasteiger partial charge in [0.25, 0.3) is 0 Å². The molecule has 2 atom stereocenters. The predicted molar refractivity (Wildman–Crippen MR) is 178 cm³/mol. The Kier molecular flexibility index (Phi) is 13.9. The molecule has 2 N–H and O–H groups in total. The molecule has 2 aromatic rings. The summed E-state index contributed by atoms with van der Waals surface area (Å²) in [6.45, 7) is 23.0. The third kappa shape index (κ3) is 11.8. The first-order valence-electron chi connectivity index (χ1n) is 15.8. The van der Waals surface area contributed by atoms with Crippen LogP contribution in [0.1, 0.15) is 80.4 Å². The zero-order valence-corrected chi connectivity index (χ0v) is 29.9. The van der Waals surface area contributed by atoms with Crippen LogP contribution in [0, 0.1) is 21.7 Å². The molecular formula is C37H60O8. The van der Waals surface area contributed by atoms with Crippen LogP contribution in [-0.2, 0) is 32.2 Å². The van der Waals surface area contributed by atoms with Gasteiger partial charge in [-0.1, -0.05) is 79.7 Å². The molecule has 8 heteroatoms. The maximum atomic E-state index is 10.4. The Morgan fingerprint density at radius 2 is 1.29 bits per heavy atom. The molecule has 1 saturated heterocycles. The van der Waals surface area contributed by atoms with E-state index in [4.69, 9.17) is 28.4 Å². The minimum Gasteiger partial charge on any atom is -0.497 e. The molecule has 0 radical (unpaired) electrons. The Hall–Kier alpha value is -2.20. The van der Waals surface area contributed by atoms with Crippen molar-refractivity contribution in [1.82, 2.24) is 0 Å². The van der Waals surface area contributed by atoms with Crippen LogP contribution in [0.2, 0.25) is 0 Å².